The molecule has 0 saturated heterocycles. The zero-order chi connectivity index (χ0) is 18.6. The quantitative estimate of drug-likeness (QED) is 0.484. The molecular weight excluding hydrogens is 340 g/mol. The highest BCUT2D eigenvalue weighted by atomic mass is 16.6. The standard InChI is InChI=1S/C22H20N2O3/c1-16(25)27-18(13-24-15-23-20-10-4-5-11-21(20)24)14-26-22-12-6-8-17-7-2-3-9-19(17)22/h2-12,15,18H,13-14H2,1H3/t18-/m0/s1. The molecule has 0 aliphatic carbocycles. The molecule has 5 nitrogen and oxygen atoms in total. The number of esters is 1. The van der Waals surface area contributed by atoms with Crippen molar-refractivity contribution in [2.24, 2.45) is 0 Å². The number of para-hydroxylation sites is 2. The number of hydrogen-bond donors (Lipinski definition) is 0. The Morgan fingerprint density at radius 3 is 2.70 bits per heavy atom. The van der Waals surface area contributed by atoms with Gasteiger partial charge in [-0.05, 0) is 23.6 Å². The molecule has 3 aromatic carbocycles. The average Bonchev–Trinajstić information content (AvgIpc) is 3.09. The number of hydrogen-bond acceptors (Lipinski definition) is 4. The molecule has 1 heterocycles. The van der Waals surface area contributed by atoms with Crippen molar-refractivity contribution in [2.75, 3.05) is 6.61 Å². The number of benzene rings is 3. The molecular formula is C22H20N2O3. The molecule has 0 radical (unpaired) electrons. The first-order chi connectivity index (χ1) is 13.2. The highest BCUT2D eigenvalue weighted by molar-refractivity contribution is 5.88. The van der Waals surface area contributed by atoms with Gasteiger partial charge in [0, 0.05) is 12.3 Å². The van der Waals surface area contributed by atoms with Gasteiger partial charge in [-0.25, -0.2) is 4.98 Å². The van der Waals surface area contributed by atoms with Gasteiger partial charge in [-0.1, -0.05) is 48.5 Å². The molecule has 0 aliphatic rings. The van der Waals surface area contributed by atoms with E-state index in [4.69, 9.17) is 9.47 Å². The SMILES string of the molecule is CC(=O)O[C@H](COc1cccc2ccccc12)Cn1cnc2ccccc21. The van der Waals surface area contributed by atoms with E-state index in [2.05, 4.69) is 4.98 Å². The minimum atomic E-state index is -0.418. The van der Waals surface area contributed by atoms with Crippen LogP contribution in [-0.2, 0) is 16.1 Å². The van der Waals surface area contributed by atoms with Crippen LogP contribution in [0, 0.1) is 0 Å². The zero-order valence-electron chi connectivity index (χ0n) is 15.0. The summed E-state index contributed by atoms with van der Waals surface area (Å²) in [5.74, 6) is 0.451. The van der Waals surface area contributed by atoms with Gasteiger partial charge in [0.15, 0.2) is 6.10 Å². The maximum atomic E-state index is 11.6. The maximum Gasteiger partial charge on any atom is 0.303 e. The normalized spacial score (nSPS) is 12.2. The van der Waals surface area contributed by atoms with Gasteiger partial charge >= 0.3 is 5.97 Å². The highest BCUT2D eigenvalue weighted by Gasteiger charge is 2.16. The Morgan fingerprint density at radius 1 is 1.04 bits per heavy atom. The highest BCUT2D eigenvalue weighted by Crippen LogP contribution is 2.25. The number of aromatic nitrogens is 2. The summed E-state index contributed by atoms with van der Waals surface area (Å²) in [6.45, 7) is 2.15. The second-order valence-corrected chi connectivity index (χ2v) is 6.41. The predicted octanol–water partition coefficient (Wildman–Crippen LogP) is 4.20. The first-order valence-corrected chi connectivity index (χ1v) is 8.88. The number of nitrogens with zero attached hydrogens (tertiary/aromatic N) is 2. The van der Waals surface area contributed by atoms with E-state index < -0.39 is 6.10 Å². The third-order valence-corrected chi connectivity index (χ3v) is 4.43. The Kier molecular flexibility index (Phi) is 4.75. The van der Waals surface area contributed by atoms with Crippen LogP contribution in [-0.4, -0.2) is 28.2 Å². The molecule has 0 N–H and O–H groups in total. The minimum absolute atomic E-state index is 0.264. The van der Waals surface area contributed by atoms with E-state index in [1.807, 2.05) is 71.3 Å². The van der Waals surface area contributed by atoms with Gasteiger partial charge < -0.3 is 14.0 Å². The number of carbonyl (C=O) groups excluding carboxylic acids is 1. The lowest BCUT2D eigenvalue weighted by Gasteiger charge is -2.19. The second-order valence-electron chi connectivity index (χ2n) is 6.41. The molecule has 5 heteroatoms. The summed E-state index contributed by atoms with van der Waals surface area (Å²) in [5.41, 5.74) is 1.91. The Hall–Kier alpha value is -3.34. The fraction of sp³-hybridized carbons (Fsp3) is 0.182. The van der Waals surface area contributed by atoms with Crippen molar-refractivity contribution in [1.29, 1.82) is 0 Å². The molecule has 1 atom stereocenters. The first kappa shape index (κ1) is 17.1. The summed E-state index contributed by atoms with van der Waals surface area (Å²) in [6, 6.07) is 21.9. The average molecular weight is 360 g/mol. The molecule has 0 saturated carbocycles. The zero-order valence-corrected chi connectivity index (χ0v) is 15.0. The lowest BCUT2D eigenvalue weighted by atomic mass is 10.1. The largest absolute Gasteiger partial charge is 0.489 e. The van der Waals surface area contributed by atoms with Crippen molar-refractivity contribution in [1.82, 2.24) is 9.55 Å². The van der Waals surface area contributed by atoms with Gasteiger partial charge in [0.05, 0.1) is 23.9 Å². The lowest BCUT2D eigenvalue weighted by Crippen LogP contribution is -2.28. The summed E-state index contributed by atoms with van der Waals surface area (Å²) in [4.78, 5) is 16.0. The molecule has 1 aromatic heterocycles. The molecule has 4 rings (SSSR count). The van der Waals surface area contributed by atoms with Crippen LogP contribution in [0.4, 0.5) is 0 Å². The fourth-order valence-electron chi connectivity index (χ4n) is 3.24. The van der Waals surface area contributed by atoms with Crippen LogP contribution in [0.3, 0.4) is 0 Å². The Bertz CT molecular complexity index is 1080. The van der Waals surface area contributed by atoms with Crippen LogP contribution in [0.2, 0.25) is 0 Å². The van der Waals surface area contributed by atoms with E-state index in [1.165, 1.54) is 6.92 Å². The summed E-state index contributed by atoms with van der Waals surface area (Å²) in [7, 11) is 0. The van der Waals surface area contributed by atoms with Crippen molar-refractivity contribution in [3.05, 3.63) is 73.1 Å². The third kappa shape index (κ3) is 3.77. The molecule has 136 valence electrons. The number of rotatable bonds is 6. The Morgan fingerprint density at radius 2 is 1.81 bits per heavy atom. The molecule has 0 aliphatic heterocycles. The van der Waals surface area contributed by atoms with E-state index in [1.54, 1.807) is 6.33 Å². The van der Waals surface area contributed by atoms with Crippen LogP contribution >= 0.6 is 0 Å². The van der Waals surface area contributed by atoms with Gasteiger partial charge in [0.1, 0.15) is 12.4 Å². The van der Waals surface area contributed by atoms with Crippen LogP contribution in [0.15, 0.2) is 73.1 Å². The van der Waals surface area contributed by atoms with E-state index in [9.17, 15) is 4.79 Å². The van der Waals surface area contributed by atoms with Crippen molar-refractivity contribution in [3.8, 4) is 5.75 Å². The Labute approximate surface area is 157 Å². The number of ether oxygens (including phenoxy) is 2. The van der Waals surface area contributed by atoms with E-state index in [-0.39, 0.29) is 12.6 Å². The second kappa shape index (κ2) is 7.50. The van der Waals surface area contributed by atoms with E-state index in [0.717, 1.165) is 27.6 Å². The monoisotopic (exact) mass is 360 g/mol. The minimum Gasteiger partial charge on any atom is -0.489 e. The third-order valence-electron chi connectivity index (χ3n) is 4.43. The van der Waals surface area contributed by atoms with Crippen LogP contribution in [0.5, 0.6) is 5.75 Å². The topological polar surface area (TPSA) is 53.4 Å². The molecule has 0 spiro atoms. The first-order valence-electron chi connectivity index (χ1n) is 8.88. The molecule has 4 aromatic rings. The molecule has 0 bridgehead atoms. The lowest BCUT2D eigenvalue weighted by molar-refractivity contribution is -0.148. The summed E-state index contributed by atoms with van der Waals surface area (Å²) >= 11 is 0. The summed E-state index contributed by atoms with van der Waals surface area (Å²) < 4.78 is 13.5. The van der Waals surface area contributed by atoms with Gasteiger partial charge in [0.2, 0.25) is 0 Å². The van der Waals surface area contributed by atoms with E-state index >= 15 is 0 Å². The van der Waals surface area contributed by atoms with Crippen molar-refractivity contribution >= 4 is 27.8 Å². The molecule has 0 unspecified atom stereocenters. The van der Waals surface area contributed by atoms with Gasteiger partial charge in [-0.3, -0.25) is 4.79 Å². The van der Waals surface area contributed by atoms with Crippen molar-refractivity contribution < 1.29 is 14.3 Å². The maximum absolute atomic E-state index is 11.6. The Balaban J connectivity index is 1.54. The fourth-order valence-corrected chi connectivity index (χ4v) is 3.24. The van der Waals surface area contributed by atoms with Crippen molar-refractivity contribution in [2.45, 2.75) is 19.6 Å². The molecule has 0 fully saturated rings. The predicted molar refractivity (Wildman–Crippen MR) is 105 cm³/mol. The van der Waals surface area contributed by atoms with Crippen LogP contribution in [0.1, 0.15) is 6.92 Å². The van der Waals surface area contributed by atoms with Gasteiger partial charge in [-0.2, -0.15) is 0 Å². The van der Waals surface area contributed by atoms with Gasteiger partial charge in [0.25, 0.3) is 0 Å². The number of imidazole rings is 1. The number of fused-ring (bicyclic) bond motifs is 2. The van der Waals surface area contributed by atoms with E-state index in [0.29, 0.717) is 6.54 Å². The van der Waals surface area contributed by atoms with Crippen LogP contribution < -0.4 is 4.74 Å². The van der Waals surface area contributed by atoms with Crippen LogP contribution in [0.25, 0.3) is 21.8 Å². The molecule has 0 amide bonds. The van der Waals surface area contributed by atoms with Crippen molar-refractivity contribution in [3.63, 3.8) is 0 Å². The van der Waals surface area contributed by atoms with Gasteiger partial charge in [-0.15, -0.1) is 0 Å². The number of carbonyl (C=O) groups is 1. The molecule has 27 heavy (non-hydrogen) atoms. The smallest absolute Gasteiger partial charge is 0.303 e. The summed E-state index contributed by atoms with van der Waals surface area (Å²) in [6.07, 6.45) is 1.35. The summed E-state index contributed by atoms with van der Waals surface area (Å²) in [5, 5.41) is 2.15.